The van der Waals surface area contributed by atoms with E-state index >= 15 is 0 Å². The van der Waals surface area contributed by atoms with Crippen LogP contribution in [0.25, 0.3) is 33.4 Å². The van der Waals surface area contributed by atoms with Gasteiger partial charge in [-0.15, -0.1) is 0 Å². The number of aromatic amines is 1. The lowest BCUT2D eigenvalue weighted by molar-refractivity contribution is 0.0278. The summed E-state index contributed by atoms with van der Waals surface area (Å²) in [6, 6.07) is 9.87. The molecule has 35 heavy (non-hydrogen) atoms. The molecule has 0 saturated heterocycles. The molecule has 0 atom stereocenters. The highest BCUT2D eigenvalue weighted by molar-refractivity contribution is 6.31. The number of ether oxygens (including phenoxy) is 2. The molecule has 0 bridgehead atoms. The summed E-state index contributed by atoms with van der Waals surface area (Å²) in [7, 11) is 1.64. The van der Waals surface area contributed by atoms with E-state index in [9.17, 15) is 9.18 Å². The zero-order valence-corrected chi connectivity index (χ0v) is 20.7. The van der Waals surface area contributed by atoms with Crippen molar-refractivity contribution in [2.24, 2.45) is 0 Å². The molecule has 182 valence electrons. The van der Waals surface area contributed by atoms with Gasteiger partial charge in [0.15, 0.2) is 0 Å². The summed E-state index contributed by atoms with van der Waals surface area (Å²) in [6.07, 6.45) is 4.43. The number of carbonyl (C=O) groups is 1. The number of carbonyl (C=O) groups excluding carboxylic acids is 1. The molecule has 1 aromatic carbocycles. The van der Waals surface area contributed by atoms with Crippen LogP contribution >= 0.6 is 11.6 Å². The van der Waals surface area contributed by atoms with Gasteiger partial charge in [0.25, 0.3) is 0 Å². The molecule has 3 aromatic heterocycles. The van der Waals surface area contributed by atoms with Crippen molar-refractivity contribution in [2.75, 3.05) is 20.2 Å². The molecule has 1 amide bonds. The van der Waals surface area contributed by atoms with Crippen LogP contribution in [0.3, 0.4) is 0 Å². The van der Waals surface area contributed by atoms with Crippen LogP contribution in [0, 0.1) is 5.82 Å². The fourth-order valence-electron chi connectivity index (χ4n) is 3.60. The number of nitrogens with one attached hydrogen (secondary N) is 1. The molecule has 4 aromatic rings. The topological polar surface area (TPSA) is 80.3 Å². The number of benzene rings is 1. The van der Waals surface area contributed by atoms with Gasteiger partial charge in [0, 0.05) is 41.2 Å². The maximum absolute atomic E-state index is 14.9. The van der Waals surface area contributed by atoms with Gasteiger partial charge in [-0.3, -0.25) is 9.97 Å². The minimum Gasteiger partial charge on any atom is -0.489 e. The van der Waals surface area contributed by atoms with Crippen molar-refractivity contribution in [2.45, 2.75) is 26.4 Å². The molecule has 3 heterocycles. The Hall–Kier alpha value is -3.65. The molecule has 0 unspecified atom stereocenters. The van der Waals surface area contributed by atoms with Gasteiger partial charge in [0.2, 0.25) is 0 Å². The van der Waals surface area contributed by atoms with E-state index in [2.05, 4.69) is 15.0 Å². The van der Waals surface area contributed by atoms with E-state index in [4.69, 9.17) is 21.1 Å². The second-order valence-electron chi connectivity index (χ2n) is 9.02. The quantitative estimate of drug-likeness (QED) is 0.337. The Balaban J connectivity index is 1.67. The highest BCUT2D eigenvalue weighted by Crippen LogP contribution is 2.42. The first-order valence-electron chi connectivity index (χ1n) is 11.1. The Morgan fingerprint density at radius 1 is 1.17 bits per heavy atom. The molecule has 0 fully saturated rings. The zero-order valence-electron chi connectivity index (χ0n) is 19.9. The highest BCUT2D eigenvalue weighted by Gasteiger charge is 2.22. The van der Waals surface area contributed by atoms with Crippen LogP contribution in [0.2, 0.25) is 5.02 Å². The number of pyridine rings is 2. The number of amides is 1. The Bertz CT molecular complexity index is 1370. The standard InChI is InChI=1S/C26H26ClFN4O3/c1-26(2,3)35-25(33)32(4)12-13-34-21-15-29-11-9-17(21)23-22(18-14-16(27)7-8-19(18)28)24-20(31-23)6-5-10-30-24/h5-11,14-15,31H,12-13H2,1-4H3. The summed E-state index contributed by atoms with van der Waals surface area (Å²) in [5, 5.41) is 0.411. The zero-order chi connectivity index (χ0) is 25.2. The fourth-order valence-corrected chi connectivity index (χ4v) is 3.77. The lowest BCUT2D eigenvalue weighted by Gasteiger charge is -2.24. The third kappa shape index (κ3) is 5.54. The lowest BCUT2D eigenvalue weighted by atomic mass is 10.00. The van der Waals surface area contributed by atoms with E-state index in [1.165, 1.54) is 17.0 Å². The first-order valence-corrected chi connectivity index (χ1v) is 11.5. The summed E-state index contributed by atoms with van der Waals surface area (Å²) in [5.74, 6) is 0.0537. The minimum absolute atomic E-state index is 0.202. The molecule has 0 radical (unpaired) electrons. The number of halogens is 2. The smallest absolute Gasteiger partial charge is 0.410 e. The number of likely N-dealkylation sites (N-methyl/N-ethyl adjacent to an activating group) is 1. The molecule has 4 rings (SSSR count). The van der Waals surface area contributed by atoms with Crippen LogP contribution in [0.5, 0.6) is 5.75 Å². The number of hydrogen-bond donors (Lipinski definition) is 1. The molecule has 0 saturated carbocycles. The third-order valence-corrected chi connectivity index (χ3v) is 5.43. The van der Waals surface area contributed by atoms with Gasteiger partial charge in [-0.05, 0) is 57.2 Å². The van der Waals surface area contributed by atoms with Crippen molar-refractivity contribution in [1.29, 1.82) is 0 Å². The van der Waals surface area contributed by atoms with Gasteiger partial charge in [-0.25, -0.2) is 9.18 Å². The van der Waals surface area contributed by atoms with Gasteiger partial charge in [-0.2, -0.15) is 0 Å². The Kier molecular flexibility index (Phi) is 6.93. The maximum atomic E-state index is 14.9. The molecule has 7 nitrogen and oxygen atoms in total. The second kappa shape index (κ2) is 9.92. The van der Waals surface area contributed by atoms with Crippen molar-refractivity contribution < 1.29 is 18.7 Å². The van der Waals surface area contributed by atoms with Crippen molar-refractivity contribution in [3.63, 3.8) is 0 Å². The first-order chi connectivity index (χ1) is 16.6. The molecular weight excluding hydrogens is 471 g/mol. The van der Waals surface area contributed by atoms with E-state index in [1.54, 1.807) is 43.8 Å². The third-order valence-electron chi connectivity index (χ3n) is 5.20. The van der Waals surface area contributed by atoms with Gasteiger partial charge >= 0.3 is 6.09 Å². The Labute approximate surface area is 207 Å². The predicted octanol–water partition coefficient (Wildman–Crippen LogP) is 6.33. The number of nitrogens with zero attached hydrogens (tertiary/aromatic N) is 3. The van der Waals surface area contributed by atoms with Crippen LogP contribution in [0.15, 0.2) is 55.0 Å². The summed E-state index contributed by atoms with van der Waals surface area (Å²) in [4.78, 5) is 25.7. The van der Waals surface area contributed by atoms with Crippen LogP contribution in [-0.2, 0) is 4.74 Å². The minimum atomic E-state index is -0.585. The average Bonchev–Trinajstić information content (AvgIpc) is 3.19. The van der Waals surface area contributed by atoms with Crippen LogP contribution < -0.4 is 4.74 Å². The lowest BCUT2D eigenvalue weighted by Crippen LogP contribution is -2.36. The second-order valence-corrected chi connectivity index (χ2v) is 9.46. The predicted molar refractivity (Wildman–Crippen MR) is 134 cm³/mol. The number of aromatic nitrogens is 3. The van der Waals surface area contributed by atoms with E-state index < -0.39 is 17.5 Å². The van der Waals surface area contributed by atoms with Crippen LogP contribution in [-0.4, -0.2) is 51.7 Å². The normalized spacial score (nSPS) is 11.5. The highest BCUT2D eigenvalue weighted by atomic mass is 35.5. The summed E-state index contributed by atoms with van der Waals surface area (Å²) in [5.41, 5.74) is 2.95. The van der Waals surface area contributed by atoms with Crippen molar-refractivity contribution in [3.05, 3.63) is 65.8 Å². The Morgan fingerprint density at radius 3 is 2.74 bits per heavy atom. The van der Waals surface area contributed by atoms with Crippen LogP contribution in [0.1, 0.15) is 20.8 Å². The first kappa shape index (κ1) is 24.5. The summed E-state index contributed by atoms with van der Waals surface area (Å²) >= 11 is 6.20. The van der Waals surface area contributed by atoms with E-state index in [0.717, 1.165) is 5.52 Å². The molecule has 0 spiro atoms. The molecule has 0 aliphatic carbocycles. The fraction of sp³-hybridized carbons (Fsp3) is 0.269. The van der Waals surface area contributed by atoms with Gasteiger partial charge in [0.05, 0.1) is 29.5 Å². The average molecular weight is 497 g/mol. The molecule has 9 heteroatoms. The monoisotopic (exact) mass is 496 g/mol. The van der Waals surface area contributed by atoms with E-state index in [1.807, 2.05) is 26.8 Å². The van der Waals surface area contributed by atoms with Crippen molar-refractivity contribution in [3.8, 4) is 28.1 Å². The molecule has 0 aliphatic rings. The van der Waals surface area contributed by atoms with E-state index in [-0.39, 0.29) is 6.61 Å². The number of fused-ring (bicyclic) bond motifs is 1. The molecule has 0 aliphatic heterocycles. The molecule has 1 N–H and O–H groups in total. The van der Waals surface area contributed by atoms with Gasteiger partial charge < -0.3 is 19.4 Å². The molecular formula is C26H26ClFN4O3. The van der Waals surface area contributed by atoms with E-state index in [0.29, 0.717) is 45.2 Å². The largest absolute Gasteiger partial charge is 0.489 e. The maximum Gasteiger partial charge on any atom is 0.410 e. The SMILES string of the molecule is CN(CCOc1cnccc1-c1[nH]c2cccnc2c1-c1cc(Cl)ccc1F)C(=O)OC(C)(C)C. The number of H-pyrrole nitrogens is 1. The number of rotatable bonds is 6. The van der Waals surface area contributed by atoms with Gasteiger partial charge in [-0.1, -0.05) is 11.6 Å². The Morgan fingerprint density at radius 2 is 1.97 bits per heavy atom. The summed E-state index contributed by atoms with van der Waals surface area (Å²) in [6.45, 7) is 5.94. The van der Waals surface area contributed by atoms with Gasteiger partial charge in [0.1, 0.15) is 23.8 Å². The van der Waals surface area contributed by atoms with Crippen molar-refractivity contribution in [1.82, 2.24) is 19.9 Å². The van der Waals surface area contributed by atoms with Crippen molar-refractivity contribution >= 4 is 28.7 Å². The number of hydrogen-bond acceptors (Lipinski definition) is 5. The van der Waals surface area contributed by atoms with Crippen LogP contribution in [0.4, 0.5) is 9.18 Å². The summed E-state index contributed by atoms with van der Waals surface area (Å²) < 4.78 is 26.3.